The lowest BCUT2D eigenvalue weighted by atomic mass is 10.1. The smallest absolute Gasteiger partial charge is 0.241 e. The first-order chi connectivity index (χ1) is 14.0. The summed E-state index contributed by atoms with van der Waals surface area (Å²) in [5.41, 5.74) is 0.655. The van der Waals surface area contributed by atoms with Gasteiger partial charge in [0.05, 0.1) is 33.4 Å². The highest BCUT2D eigenvalue weighted by molar-refractivity contribution is 5.78. The van der Waals surface area contributed by atoms with E-state index in [1.165, 1.54) is 0 Å². The van der Waals surface area contributed by atoms with E-state index in [-0.39, 0.29) is 5.91 Å². The number of carbonyl (C=O) groups excluding carboxylic acids is 1. The summed E-state index contributed by atoms with van der Waals surface area (Å²) in [7, 11) is 6.66. The van der Waals surface area contributed by atoms with Crippen molar-refractivity contribution in [1.82, 2.24) is 19.9 Å². The Kier molecular flexibility index (Phi) is 6.58. The summed E-state index contributed by atoms with van der Waals surface area (Å²) in [6.45, 7) is 4.86. The van der Waals surface area contributed by atoms with Gasteiger partial charge < -0.3 is 23.6 Å². The van der Waals surface area contributed by atoms with E-state index >= 15 is 0 Å². The number of methoxy groups -OCH3 is 3. The molecule has 2 heterocycles. The van der Waals surface area contributed by atoms with Crippen molar-refractivity contribution in [3.05, 3.63) is 18.0 Å². The van der Waals surface area contributed by atoms with Gasteiger partial charge in [-0.2, -0.15) is 4.98 Å². The van der Waals surface area contributed by atoms with Crippen LogP contribution in [-0.4, -0.2) is 73.9 Å². The SMILES string of the molecule is CCN1C[C@H](CN(C)Cc2nc(-c3ccc(OC)c(OC)c3OC)no2)CC1=O. The summed E-state index contributed by atoms with van der Waals surface area (Å²) >= 11 is 0. The van der Waals surface area contributed by atoms with Gasteiger partial charge in [0.25, 0.3) is 0 Å². The van der Waals surface area contributed by atoms with Crippen LogP contribution >= 0.6 is 0 Å². The van der Waals surface area contributed by atoms with Gasteiger partial charge in [-0.25, -0.2) is 0 Å². The molecule has 0 unspecified atom stereocenters. The van der Waals surface area contributed by atoms with Gasteiger partial charge in [-0.3, -0.25) is 9.69 Å². The van der Waals surface area contributed by atoms with Crippen molar-refractivity contribution in [1.29, 1.82) is 0 Å². The van der Waals surface area contributed by atoms with Gasteiger partial charge in [-0.1, -0.05) is 5.16 Å². The molecule has 0 saturated carbocycles. The van der Waals surface area contributed by atoms with Crippen LogP contribution in [0.4, 0.5) is 0 Å². The van der Waals surface area contributed by atoms with E-state index in [0.717, 1.165) is 19.6 Å². The Balaban J connectivity index is 1.70. The van der Waals surface area contributed by atoms with Gasteiger partial charge in [-0.15, -0.1) is 0 Å². The van der Waals surface area contributed by atoms with Crippen LogP contribution in [0, 0.1) is 5.92 Å². The van der Waals surface area contributed by atoms with Gasteiger partial charge in [-0.05, 0) is 32.0 Å². The van der Waals surface area contributed by atoms with Crippen LogP contribution < -0.4 is 14.2 Å². The summed E-state index contributed by atoms with van der Waals surface area (Å²) in [6, 6.07) is 3.58. The summed E-state index contributed by atoms with van der Waals surface area (Å²) < 4.78 is 21.7. The summed E-state index contributed by atoms with van der Waals surface area (Å²) in [4.78, 5) is 20.4. The molecule has 1 saturated heterocycles. The fourth-order valence-electron chi connectivity index (χ4n) is 3.72. The number of hydrogen-bond donors (Lipinski definition) is 0. The third kappa shape index (κ3) is 4.45. The number of likely N-dealkylation sites (tertiary alicyclic amines) is 1. The second-order valence-corrected chi connectivity index (χ2v) is 7.09. The summed E-state index contributed by atoms with van der Waals surface area (Å²) in [5, 5.41) is 4.10. The average molecular weight is 404 g/mol. The lowest BCUT2D eigenvalue weighted by Gasteiger charge is -2.19. The van der Waals surface area contributed by atoms with E-state index in [0.29, 0.717) is 53.4 Å². The molecule has 9 heteroatoms. The number of benzene rings is 1. The van der Waals surface area contributed by atoms with Gasteiger partial charge in [0.15, 0.2) is 11.5 Å². The van der Waals surface area contributed by atoms with Crippen molar-refractivity contribution >= 4 is 5.91 Å². The molecular weight excluding hydrogens is 376 g/mol. The Morgan fingerprint density at radius 2 is 1.97 bits per heavy atom. The zero-order valence-electron chi connectivity index (χ0n) is 17.6. The van der Waals surface area contributed by atoms with Crippen LogP contribution in [0.25, 0.3) is 11.4 Å². The molecule has 3 rings (SSSR count). The standard InChI is InChI=1S/C20H28N4O5/c1-6-24-11-13(9-17(24)25)10-23(2)12-16-21-20(22-29-16)14-7-8-15(26-3)19(28-5)18(14)27-4/h7-8,13H,6,9-12H2,1-5H3/t13-/m0/s1. The van der Waals surface area contributed by atoms with Crippen molar-refractivity contribution < 1.29 is 23.5 Å². The lowest BCUT2D eigenvalue weighted by molar-refractivity contribution is -0.127. The first kappa shape index (κ1) is 20.9. The first-order valence-electron chi connectivity index (χ1n) is 9.58. The summed E-state index contributed by atoms with van der Waals surface area (Å²) in [5.74, 6) is 2.98. The van der Waals surface area contributed by atoms with E-state index in [1.54, 1.807) is 27.4 Å². The fraction of sp³-hybridized carbons (Fsp3) is 0.550. The topological polar surface area (TPSA) is 90.2 Å². The molecule has 29 heavy (non-hydrogen) atoms. The highest BCUT2D eigenvalue weighted by Crippen LogP contribution is 2.43. The van der Waals surface area contributed by atoms with Crippen LogP contribution in [0.15, 0.2) is 16.7 Å². The van der Waals surface area contributed by atoms with Gasteiger partial charge in [0, 0.05) is 26.1 Å². The molecular formula is C20H28N4O5. The molecule has 1 aliphatic rings. The number of carbonyl (C=O) groups is 1. The van der Waals surface area contributed by atoms with E-state index < -0.39 is 0 Å². The number of hydrogen-bond acceptors (Lipinski definition) is 8. The van der Waals surface area contributed by atoms with Crippen molar-refractivity contribution in [3.63, 3.8) is 0 Å². The number of aromatic nitrogens is 2. The van der Waals surface area contributed by atoms with Crippen LogP contribution in [0.2, 0.25) is 0 Å². The first-order valence-corrected chi connectivity index (χ1v) is 9.58. The maximum Gasteiger partial charge on any atom is 0.241 e. The molecule has 1 fully saturated rings. The quantitative estimate of drug-likeness (QED) is 0.627. The van der Waals surface area contributed by atoms with Gasteiger partial charge in [0.2, 0.25) is 23.4 Å². The van der Waals surface area contributed by atoms with E-state index in [2.05, 4.69) is 15.0 Å². The molecule has 0 bridgehead atoms. The number of ether oxygens (including phenoxy) is 3. The van der Waals surface area contributed by atoms with Gasteiger partial charge >= 0.3 is 0 Å². The summed E-state index contributed by atoms with van der Waals surface area (Å²) in [6.07, 6.45) is 0.593. The van der Waals surface area contributed by atoms with Crippen LogP contribution in [0.5, 0.6) is 17.2 Å². The molecule has 1 aliphatic heterocycles. The average Bonchev–Trinajstić information content (AvgIpc) is 3.32. The minimum Gasteiger partial charge on any atom is -0.493 e. The lowest BCUT2D eigenvalue weighted by Crippen LogP contribution is -2.28. The second-order valence-electron chi connectivity index (χ2n) is 7.09. The monoisotopic (exact) mass is 404 g/mol. The third-order valence-electron chi connectivity index (χ3n) is 5.06. The molecule has 1 atom stereocenters. The van der Waals surface area contributed by atoms with Gasteiger partial charge in [0.1, 0.15) is 0 Å². The maximum atomic E-state index is 11.9. The number of amides is 1. The van der Waals surface area contributed by atoms with Crippen molar-refractivity contribution in [2.75, 3.05) is 48.0 Å². The van der Waals surface area contributed by atoms with E-state index in [4.69, 9.17) is 18.7 Å². The Morgan fingerprint density at radius 1 is 1.21 bits per heavy atom. The Morgan fingerprint density at radius 3 is 2.59 bits per heavy atom. The highest BCUT2D eigenvalue weighted by atomic mass is 16.5. The van der Waals surface area contributed by atoms with Crippen LogP contribution in [-0.2, 0) is 11.3 Å². The fourth-order valence-corrected chi connectivity index (χ4v) is 3.72. The van der Waals surface area contributed by atoms with E-state index in [9.17, 15) is 4.79 Å². The molecule has 2 aromatic rings. The van der Waals surface area contributed by atoms with Crippen molar-refractivity contribution in [3.8, 4) is 28.6 Å². The molecule has 0 aliphatic carbocycles. The Labute approximate surface area is 170 Å². The van der Waals surface area contributed by atoms with Crippen LogP contribution in [0.3, 0.4) is 0 Å². The number of nitrogens with zero attached hydrogens (tertiary/aromatic N) is 4. The third-order valence-corrected chi connectivity index (χ3v) is 5.06. The molecule has 9 nitrogen and oxygen atoms in total. The zero-order valence-corrected chi connectivity index (χ0v) is 17.6. The highest BCUT2D eigenvalue weighted by Gasteiger charge is 2.29. The number of rotatable bonds is 9. The Bertz CT molecular complexity index is 853. The predicted octanol–water partition coefficient (Wildman–Crippen LogP) is 2.06. The normalized spacial score (nSPS) is 16.6. The second kappa shape index (κ2) is 9.13. The molecule has 1 aromatic heterocycles. The van der Waals surface area contributed by atoms with E-state index in [1.807, 2.05) is 24.9 Å². The molecule has 1 aromatic carbocycles. The molecule has 0 radical (unpaired) electrons. The zero-order chi connectivity index (χ0) is 21.0. The Hall–Kier alpha value is -2.81. The van der Waals surface area contributed by atoms with Crippen molar-refractivity contribution in [2.24, 2.45) is 5.92 Å². The molecule has 1 amide bonds. The minimum absolute atomic E-state index is 0.228. The molecule has 158 valence electrons. The maximum absolute atomic E-state index is 11.9. The van der Waals surface area contributed by atoms with Crippen molar-refractivity contribution in [2.45, 2.75) is 19.9 Å². The van der Waals surface area contributed by atoms with Crippen LogP contribution in [0.1, 0.15) is 19.2 Å². The molecule has 0 spiro atoms. The molecule has 0 N–H and O–H groups in total. The largest absolute Gasteiger partial charge is 0.493 e. The minimum atomic E-state index is 0.228. The predicted molar refractivity (Wildman–Crippen MR) is 106 cm³/mol.